The average Bonchev–Trinajstić information content (AvgIpc) is 2.30. The van der Waals surface area contributed by atoms with Gasteiger partial charge in [0.25, 0.3) is 0 Å². The van der Waals surface area contributed by atoms with Crippen molar-refractivity contribution in [3.63, 3.8) is 0 Å². The van der Waals surface area contributed by atoms with Crippen molar-refractivity contribution in [3.05, 3.63) is 30.1 Å². The van der Waals surface area contributed by atoms with Crippen molar-refractivity contribution in [1.29, 1.82) is 0 Å². The number of aliphatic imine (C=N–C) groups is 1. The van der Waals surface area contributed by atoms with Crippen LogP contribution in [0, 0.1) is 0 Å². The van der Waals surface area contributed by atoms with Crippen LogP contribution >= 0.6 is 0 Å². The van der Waals surface area contributed by atoms with E-state index in [9.17, 15) is 0 Å². The molecule has 0 atom stereocenters. The highest BCUT2D eigenvalue weighted by Crippen LogP contribution is 2.17. The van der Waals surface area contributed by atoms with Gasteiger partial charge in [-0.15, -0.1) is 0 Å². The van der Waals surface area contributed by atoms with Crippen LogP contribution in [0.2, 0.25) is 0 Å². The lowest BCUT2D eigenvalue weighted by Crippen LogP contribution is -2.28. The molecule has 0 fully saturated rings. The van der Waals surface area contributed by atoms with Crippen LogP contribution in [0.5, 0.6) is 0 Å². The Bertz CT molecular complexity index is 417. The summed E-state index contributed by atoms with van der Waals surface area (Å²) in [6, 6.07) is 4.22. The molecule has 0 amide bonds. The molecule has 1 aliphatic rings. The summed E-state index contributed by atoms with van der Waals surface area (Å²) in [5.41, 5.74) is 7.68. The Morgan fingerprint density at radius 1 is 1.38 bits per heavy atom. The number of allylic oxidation sites excluding steroid dienone is 1. The number of aromatic nitrogens is 1. The molecule has 84 valence electrons. The first-order valence-corrected chi connectivity index (χ1v) is 5.36. The van der Waals surface area contributed by atoms with Crippen molar-refractivity contribution in [2.75, 3.05) is 12.4 Å². The largest absolute Gasteiger partial charge is 0.384 e. The molecule has 4 heteroatoms. The number of nitrogens with two attached hydrogens (primary N) is 1. The molecule has 0 bridgehead atoms. The van der Waals surface area contributed by atoms with Crippen LogP contribution < -0.4 is 5.73 Å². The van der Waals surface area contributed by atoms with Crippen molar-refractivity contribution in [1.82, 2.24) is 9.88 Å². The van der Waals surface area contributed by atoms with Gasteiger partial charge in [-0.25, -0.2) is 4.98 Å². The summed E-state index contributed by atoms with van der Waals surface area (Å²) in [6.45, 7) is 5.02. The Morgan fingerprint density at radius 2 is 2.19 bits per heavy atom. The molecule has 0 unspecified atom stereocenters. The molecule has 4 nitrogen and oxygen atoms in total. The summed E-state index contributed by atoms with van der Waals surface area (Å²) in [5.74, 6) is 0.540. The number of pyridine rings is 1. The van der Waals surface area contributed by atoms with Gasteiger partial charge in [-0.3, -0.25) is 4.99 Å². The molecule has 16 heavy (non-hydrogen) atoms. The summed E-state index contributed by atoms with van der Waals surface area (Å²) >= 11 is 0. The predicted octanol–water partition coefficient (Wildman–Crippen LogP) is 1.76. The van der Waals surface area contributed by atoms with Gasteiger partial charge in [0, 0.05) is 35.8 Å². The third kappa shape index (κ3) is 2.21. The van der Waals surface area contributed by atoms with Gasteiger partial charge >= 0.3 is 0 Å². The molecule has 0 aliphatic carbocycles. The lowest BCUT2D eigenvalue weighted by molar-refractivity contribution is 0.320. The van der Waals surface area contributed by atoms with E-state index in [1.807, 2.05) is 12.3 Å². The second-order valence-electron chi connectivity index (χ2n) is 4.12. The zero-order valence-corrected chi connectivity index (χ0v) is 9.59. The second kappa shape index (κ2) is 4.35. The van der Waals surface area contributed by atoms with Crippen LogP contribution in [0.15, 0.2) is 29.5 Å². The van der Waals surface area contributed by atoms with E-state index in [-0.39, 0.29) is 0 Å². The standard InChI is InChI=1S/C12H16N4/c1-9(2)16-7-11(5-14-8-16)10-3-4-12(13)15-6-10/h3-7,9H,8H2,1-2H3,(H2,13,15). The number of hydrogen-bond acceptors (Lipinski definition) is 4. The van der Waals surface area contributed by atoms with Crippen LogP contribution in [0.1, 0.15) is 19.4 Å². The summed E-state index contributed by atoms with van der Waals surface area (Å²) in [7, 11) is 0. The molecule has 0 aromatic carbocycles. The van der Waals surface area contributed by atoms with Gasteiger partial charge in [0.05, 0.1) is 0 Å². The maximum absolute atomic E-state index is 5.56. The minimum Gasteiger partial charge on any atom is -0.384 e. The maximum Gasteiger partial charge on any atom is 0.123 e. The fourth-order valence-corrected chi connectivity index (χ4v) is 1.52. The first-order valence-electron chi connectivity index (χ1n) is 5.36. The Morgan fingerprint density at radius 3 is 2.81 bits per heavy atom. The van der Waals surface area contributed by atoms with Gasteiger partial charge in [-0.1, -0.05) is 0 Å². The lowest BCUT2D eigenvalue weighted by atomic mass is 10.1. The van der Waals surface area contributed by atoms with E-state index in [1.165, 1.54) is 0 Å². The Hall–Kier alpha value is -1.84. The SMILES string of the molecule is CC(C)N1C=C(c2ccc(N)nc2)C=NC1. The molecule has 0 spiro atoms. The fourth-order valence-electron chi connectivity index (χ4n) is 1.52. The summed E-state index contributed by atoms with van der Waals surface area (Å²) in [5, 5.41) is 0. The molecular weight excluding hydrogens is 200 g/mol. The first kappa shape index (κ1) is 10.7. The van der Waals surface area contributed by atoms with Crippen molar-refractivity contribution < 1.29 is 0 Å². The first-order chi connectivity index (χ1) is 7.66. The molecule has 2 rings (SSSR count). The smallest absolute Gasteiger partial charge is 0.123 e. The Kier molecular flexibility index (Phi) is 2.90. The van der Waals surface area contributed by atoms with Crippen molar-refractivity contribution in [2.24, 2.45) is 4.99 Å². The highest BCUT2D eigenvalue weighted by Gasteiger charge is 2.10. The topological polar surface area (TPSA) is 54.5 Å². The average molecular weight is 216 g/mol. The molecule has 1 aliphatic heterocycles. The van der Waals surface area contributed by atoms with Crippen molar-refractivity contribution >= 4 is 17.6 Å². The molecule has 2 N–H and O–H groups in total. The van der Waals surface area contributed by atoms with Crippen LogP contribution in [-0.2, 0) is 0 Å². The normalized spacial score (nSPS) is 15.4. The number of anilines is 1. The molecular formula is C12H16N4. The highest BCUT2D eigenvalue weighted by atomic mass is 15.2. The number of rotatable bonds is 2. The van der Waals surface area contributed by atoms with Crippen molar-refractivity contribution in [3.8, 4) is 0 Å². The highest BCUT2D eigenvalue weighted by molar-refractivity contribution is 6.10. The van der Waals surface area contributed by atoms with Crippen LogP contribution in [-0.4, -0.2) is 28.8 Å². The minimum absolute atomic E-state index is 0.453. The molecule has 1 aromatic rings. The van der Waals surface area contributed by atoms with Gasteiger partial charge in [-0.05, 0) is 26.0 Å². The van der Waals surface area contributed by atoms with Crippen molar-refractivity contribution in [2.45, 2.75) is 19.9 Å². The fraction of sp³-hybridized carbons (Fsp3) is 0.333. The minimum atomic E-state index is 0.453. The molecule has 0 radical (unpaired) electrons. The van der Waals surface area contributed by atoms with Gasteiger partial charge in [0.2, 0.25) is 0 Å². The lowest BCUT2D eigenvalue weighted by Gasteiger charge is -2.26. The zero-order chi connectivity index (χ0) is 11.5. The van der Waals surface area contributed by atoms with E-state index < -0.39 is 0 Å². The van der Waals surface area contributed by atoms with Crippen LogP contribution in [0.25, 0.3) is 5.57 Å². The molecule has 0 saturated carbocycles. The molecule has 1 aromatic heterocycles. The van der Waals surface area contributed by atoms with Gasteiger partial charge < -0.3 is 10.6 Å². The van der Waals surface area contributed by atoms with Gasteiger partial charge in [0.1, 0.15) is 12.5 Å². The molecule has 0 saturated heterocycles. The van der Waals surface area contributed by atoms with Crippen LogP contribution in [0.4, 0.5) is 5.82 Å². The summed E-state index contributed by atoms with van der Waals surface area (Å²) in [6.07, 6.45) is 5.77. The van der Waals surface area contributed by atoms with E-state index in [0.29, 0.717) is 11.9 Å². The van der Waals surface area contributed by atoms with E-state index in [2.05, 4.69) is 34.9 Å². The summed E-state index contributed by atoms with van der Waals surface area (Å²) < 4.78 is 0. The number of hydrogen-bond donors (Lipinski definition) is 1. The van der Waals surface area contributed by atoms with Crippen LogP contribution in [0.3, 0.4) is 0 Å². The van der Waals surface area contributed by atoms with E-state index in [4.69, 9.17) is 5.73 Å². The van der Waals surface area contributed by atoms with E-state index >= 15 is 0 Å². The zero-order valence-electron chi connectivity index (χ0n) is 9.59. The number of nitrogens with zero attached hydrogens (tertiary/aromatic N) is 3. The number of nitrogen functional groups attached to an aromatic ring is 1. The quantitative estimate of drug-likeness (QED) is 0.819. The molecule has 2 heterocycles. The monoisotopic (exact) mass is 216 g/mol. The van der Waals surface area contributed by atoms with E-state index in [0.717, 1.165) is 17.8 Å². The second-order valence-corrected chi connectivity index (χ2v) is 4.12. The maximum atomic E-state index is 5.56. The summed E-state index contributed by atoms with van der Waals surface area (Å²) in [4.78, 5) is 10.6. The van der Waals surface area contributed by atoms with Gasteiger partial charge in [-0.2, -0.15) is 0 Å². The Balaban J connectivity index is 2.26. The Labute approximate surface area is 95.5 Å². The van der Waals surface area contributed by atoms with Gasteiger partial charge in [0.15, 0.2) is 0 Å². The predicted molar refractivity (Wildman–Crippen MR) is 67.0 cm³/mol. The van der Waals surface area contributed by atoms with E-state index in [1.54, 1.807) is 12.3 Å². The third-order valence-corrected chi connectivity index (χ3v) is 2.56. The third-order valence-electron chi connectivity index (χ3n) is 2.56.